The maximum absolute atomic E-state index is 11.3. The lowest BCUT2D eigenvalue weighted by molar-refractivity contribution is 0.0988. The first kappa shape index (κ1) is 10.4. The van der Waals surface area contributed by atoms with E-state index in [-0.39, 0.29) is 5.78 Å². The summed E-state index contributed by atoms with van der Waals surface area (Å²) in [6, 6.07) is 3.95. The fourth-order valence-electron chi connectivity index (χ4n) is 1.77. The van der Waals surface area contributed by atoms with Crippen LogP contribution in [0, 0.1) is 13.8 Å². The van der Waals surface area contributed by atoms with E-state index in [1.54, 1.807) is 0 Å². The molecule has 0 N–H and O–H groups in total. The molecule has 0 amide bonds. The molecule has 1 aromatic carbocycles. The Labute approximate surface area is 96.4 Å². The molecule has 0 saturated carbocycles. The number of halogens is 1. The summed E-state index contributed by atoms with van der Waals surface area (Å²) in [5.74, 6) is 0.426. The number of Topliss-reactive ketones (excluding diaryl/α,β-unsaturated/α-hetero) is 1. The number of fused-ring (bicyclic) bond motifs is 1. The first-order valence-corrected chi connectivity index (χ1v) is 5.51. The Morgan fingerprint density at radius 3 is 2.53 bits per heavy atom. The zero-order chi connectivity index (χ0) is 11.2. The highest BCUT2D eigenvalue weighted by molar-refractivity contribution is 9.10. The Kier molecular flexibility index (Phi) is 2.43. The molecule has 78 valence electrons. The van der Waals surface area contributed by atoms with Gasteiger partial charge in [0.2, 0.25) is 0 Å². The van der Waals surface area contributed by atoms with Crippen molar-refractivity contribution in [1.29, 1.82) is 0 Å². The maximum Gasteiger partial charge on any atom is 0.195 e. The molecule has 1 heterocycles. The first-order chi connectivity index (χ1) is 7.02. The molecule has 2 aromatic rings. The topological polar surface area (TPSA) is 30.2 Å². The zero-order valence-corrected chi connectivity index (χ0v) is 10.4. The predicted octanol–water partition coefficient (Wildman–Crippen LogP) is 4.01. The number of carbonyl (C=O) groups excluding carboxylic acids is 1. The molecule has 0 atom stereocenters. The number of hydrogen-bond acceptors (Lipinski definition) is 2. The number of carbonyl (C=O) groups is 1. The Balaban J connectivity index is 2.93. The lowest BCUT2D eigenvalue weighted by Crippen LogP contribution is -1.90. The average Bonchev–Trinajstić information content (AvgIpc) is 2.51. The second-order valence-electron chi connectivity index (χ2n) is 3.68. The van der Waals surface area contributed by atoms with Crippen LogP contribution < -0.4 is 0 Å². The van der Waals surface area contributed by atoms with Gasteiger partial charge in [-0.1, -0.05) is 22.0 Å². The summed E-state index contributed by atoms with van der Waals surface area (Å²) in [4.78, 5) is 11.3. The molecule has 0 bridgehead atoms. The summed E-state index contributed by atoms with van der Waals surface area (Å²) >= 11 is 3.47. The molecule has 0 aliphatic rings. The molecule has 2 nitrogen and oxygen atoms in total. The van der Waals surface area contributed by atoms with Crippen LogP contribution in [-0.2, 0) is 0 Å². The molecule has 0 saturated heterocycles. The van der Waals surface area contributed by atoms with E-state index in [1.165, 1.54) is 6.92 Å². The third-order valence-corrected chi connectivity index (χ3v) is 3.20. The molecule has 0 spiro atoms. The first-order valence-electron chi connectivity index (χ1n) is 4.71. The molecule has 0 aliphatic carbocycles. The van der Waals surface area contributed by atoms with Crippen LogP contribution in [0.4, 0.5) is 0 Å². The van der Waals surface area contributed by atoms with Gasteiger partial charge in [0.25, 0.3) is 0 Å². The smallest absolute Gasteiger partial charge is 0.195 e. The van der Waals surface area contributed by atoms with Gasteiger partial charge in [-0.25, -0.2) is 0 Å². The van der Waals surface area contributed by atoms with Crippen LogP contribution in [0.3, 0.4) is 0 Å². The molecule has 0 radical (unpaired) electrons. The minimum Gasteiger partial charge on any atom is -0.452 e. The number of ketones is 1. The minimum atomic E-state index is -0.0324. The van der Waals surface area contributed by atoms with Gasteiger partial charge in [-0.3, -0.25) is 4.79 Å². The van der Waals surface area contributed by atoms with E-state index in [2.05, 4.69) is 15.9 Å². The van der Waals surface area contributed by atoms with Crippen molar-refractivity contribution in [3.8, 4) is 0 Å². The zero-order valence-electron chi connectivity index (χ0n) is 8.85. The summed E-state index contributed by atoms with van der Waals surface area (Å²) in [6.07, 6.45) is 0. The molecule has 1 aromatic heterocycles. The highest BCUT2D eigenvalue weighted by atomic mass is 79.9. The number of aryl methyl sites for hydroxylation is 2. The highest BCUT2D eigenvalue weighted by Crippen LogP contribution is 2.33. The fourth-order valence-corrected chi connectivity index (χ4v) is 2.38. The van der Waals surface area contributed by atoms with Crippen LogP contribution in [0.5, 0.6) is 0 Å². The normalized spacial score (nSPS) is 10.9. The van der Waals surface area contributed by atoms with E-state index < -0.39 is 0 Å². The molecule has 0 fully saturated rings. The van der Waals surface area contributed by atoms with Crippen LogP contribution in [0.25, 0.3) is 11.0 Å². The van der Waals surface area contributed by atoms with Gasteiger partial charge in [-0.2, -0.15) is 0 Å². The van der Waals surface area contributed by atoms with Crippen LogP contribution in [0.2, 0.25) is 0 Å². The Bertz CT molecular complexity index is 552. The third-order valence-electron chi connectivity index (χ3n) is 2.54. The van der Waals surface area contributed by atoms with Gasteiger partial charge in [-0.05, 0) is 25.5 Å². The standard InChI is InChI=1S/C12H11BrO2/c1-6-4-5-9(13)10-7(2)12(8(3)14)15-11(6)10/h4-5H,1-3H3. The largest absolute Gasteiger partial charge is 0.452 e. The lowest BCUT2D eigenvalue weighted by Gasteiger charge is -1.96. The van der Waals surface area contributed by atoms with Crippen LogP contribution >= 0.6 is 15.9 Å². The lowest BCUT2D eigenvalue weighted by atomic mass is 10.1. The van der Waals surface area contributed by atoms with Crippen LogP contribution in [0.1, 0.15) is 28.6 Å². The molecule has 3 heteroatoms. The molecule has 15 heavy (non-hydrogen) atoms. The van der Waals surface area contributed by atoms with Gasteiger partial charge >= 0.3 is 0 Å². The van der Waals surface area contributed by atoms with Gasteiger partial charge in [-0.15, -0.1) is 0 Å². The van der Waals surface area contributed by atoms with Crippen molar-refractivity contribution in [2.45, 2.75) is 20.8 Å². The van der Waals surface area contributed by atoms with E-state index in [0.29, 0.717) is 5.76 Å². The van der Waals surface area contributed by atoms with Crippen molar-refractivity contribution in [2.75, 3.05) is 0 Å². The minimum absolute atomic E-state index is 0.0324. The Morgan fingerprint density at radius 1 is 1.33 bits per heavy atom. The molecule has 0 aliphatic heterocycles. The monoisotopic (exact) mass is 266 g/mol. The molecular weight excluding hydrogens is 256 g/mol. The van der Waals surface area contributed by atoms with Gasteiger partial charge < -0.3 is 4.42 Å². The van der Waals surface area contributed by atoms with Crippen molar-refractivity contribution in [3.63, 3.8) is 0 Å². The summed E-state index contributed by atoms with van der Waals surface area (Å²) in [7, 11) is 0. The quantitative estimate of drug-likeness (QED) is 0.730. The summed E-state index contributed by atoms with van der Waals surface area (Å²) < 4.78 is 6.56. The Hall–Kier alpha value is -1.09. The van der Waals surface area contributed by atoms with Crippen molar-refractivity contribution < 1.29 is 9.21 Å². The Morgan fingerprint density at radius 2 is 2.00 bits per heavy atom. The number of hydrogen-bond donors (Lipinski definition) is 0. The van der Waals surface area contributed by atoms with E-state index in [9.17, 15) is 4.79 Å². The second-order valence-corrected chi connectivity index (χ2v) is 4.54. The van der Waals surface area contributed by atoms with E-state index in [4.69, 9.17) is 4.42 Å². The summed E-state index contributed by atoms with van der Waals surface area (Å²) in [6.45, 7) is 5.41. The van der Waals surface area contributed by atoms with Gasteiger partial charge in [0, 0.05) is 22.3 Å². The van der Waals surface area contributed by atoms with Crippen molar-refractivity contribution >= 4 is 32.7 Å². The molecular formula is C12H11BrO2. The number of furan rings is 1. The summed E-state index contributed by atoms with van der Waals surface area (Å²) in [5, 5.41) is 1.00. The average molecular weight is 267 g/mol. The SMILES string of the molecule is CC(=O)c1oc2c(C)ccc(Br)c2c1C. The van der Waals surface area contributed by atoms with Gasteiger partial charge in [0.05, 0.1) is 0 Å². The molecule has 0 unspecified atom stereocenters. The van der Waals surface area contributed by atoms with Crippen molar-refractivity contribution in [2.24, 2.45) is 0 Å². The fraction of sp³-hybridized carbons (Fsp3) is 0.250. The van der Waals surface area contributed by atoms with Crippen molar-refractivity contribution in [3.05, 3.63) is 33.5 Å². The maximum atomic E-state index is 11.3. The van der Waals surface area contributed by atoms with Crippen LogP contribution in [-0.4, -0.2) is 5.78 Å². The molecule has 2 rings (SSSR count). The van der Waals surface area contributed by atoms with Gasteiger partial charge in [0.1, 0.15) is 5.58 Å². The van der Waals surface area contributed by atoms with E-state index in [1.807, 2.05) is 26.0 Å². The van der Waals surface area contributed by atoms with Crippen LogP contribution in [0.15, 0.2) is 21.0 Å². The second kappa shape index (κ2) is 3.49. The summed E-state index contributed by atoms with van der Waals surface area (Å²) in [5.41, 5.74) is 2.75. The van der Waals surface area contributed by atoms with E-state index >= 15 is 0 Å². The number of rotatable bonds is 1. The predicted molar refractivity (Wildman–Crippen MR) is 63.4 cm³/mol. The van der Waals surface area contributed by atoms with Crippen molar-refractivity contribution in [1.82, 2.24) is 0 Å². The third kappa shape index (κ3) is 1.51. The number of benzene rings is 1. The van der Waals surface area contributed by atoms with E-state index in [0.717, 1.165) is 26.6 Å². The highest BCUT2D eigenvalue weighted by Gasteiger charge is 2.17. The van der Waals surface area contributed by atoms with Gasteiger partial charge in [0.15, 0.2) is 11.5 Å².